The van der Waals surface area contributed by atoms with Crippen molar-refractivity contribution in [3.05, 3.63) is 29.8 Å². The van der Waals surface area contributed by atoms with E-state index in [0.29, 0.717) is 25.7 Å². The van der Waals surface area contributed by atoms with Crippen LogP contribution in [-0.4, -0.2) is 64.0 Å². The second-order valence-corrected chi connectivity index (χ2v) is 6.58. The lowest BCUT2D eigenvalue weighted by Crippen LogP contribution is -2.55. The van der Waals surface area contributed by atoms with Gasteiger partial charge in [-0.05, 0) is 43.9 Å². The normalized spacial score (nSPS) is 20.3. The van der Waals surface area contributed by atoms with Crippen LogP contribution in [0.15, 0.2) is 24.3 Å². The molecule has 0 aromatic heterocycles. The topological polar surface area (TPSA) is 133 Å². The molecular formula is C18H25N3O5. The number of hydrogen-bond donors (Lipinski definition) is 4. The van der Waals surface area contributed by atoms with Gasteiger partial charge >= 0.3 is 0 Å². The number of carbonyl (C=O) groups excluding carboxylic acids is 3. The molecule has 8 heteroatoms. The summed E-state index contributed by atoms with van der Waals surface area (Å²) in [4.78, 5) is 37.6. The Hall–Kier alpha value is -2.45. The van der Waals surface area contributed by atoms with Crippen LogP contribution in [0.3, 0.4) is 0 Å². The molecule has 142 valence electrons. The van der Waals surface area contributed by atoms with Gasteiger partial charge in [0.05, 0.1) is 12.1 Å². The number of aromatic hydroxyl groups is 1. The molecule has 8 nitrogen and oxygen atoms in total. The number of likely N-dealkylation sites (tertiary alicyclic amines) is 1. The van der Waals surface area contributed by atoms with Gasteiger partial charge in [-0.1, -0.05) is 12.1 Å². The highest BCUT2D eigenvalue weighted by atomic mass is 16.3. The smallest absolute Gasteiger partial charge is 0.243 e. The van der Waals surface area contributed by atoms with E-state index in [2.05, 4.69) is 5.32 Å². The average Bonchev–Trinajstić information content (AvgIpc) is 3.11. The van der Waals surface area contributed by atoms with Crippen LogP contribution >= 0.6 is 0 Å². The van der Waals surface area contributed by atoms with Gasteiger partial charge in [0, 0.05) is 6.54 Å². The van der Waals surface area contributed by atoms with Crippen molar-refractivity contribution in [2.75, 3.05) is 6.54 Å². The lowest BCUT2D eigenvalue weighted by Gasteiger charge is -2.28. The van der Waals surface area contributed by atoms with Gasteiger partial charge < -0.3 is 31.0 Å². The zero-order valence-electron chi connectivity index (χ0n) is 14.7. The maximum absolute atomic E-state index is 12.6. The van der Waals surface area contributed by atoms with E-state index in [-0.39, 0.29) is 12.2 Å². The number of rotatable bonds is 7. The molecule has 1 saturated heterocycles. The molecular weight excluding hydrogens is 338 g/mol. The molecule has 0 unspecified atom stereocenters. The van der Waals surface area contributed by atoms with Crippen LogP contribution in [0, 0.1) is 0 Å². The number of phenols is 1. The Morgan fingerprint density at radius 3 is 2.62 bits per heavy atom. The standard InChI is InChI=1S/C18H25N3O5/c1-11(23)16(19)18(26)21-8-2-3-15(21)17(25)20-13(10-22)9-12-4-6-14(24)7-5-12/h4-7,10-11,13,15-16,23-24H,2-3,8-9,19H2,1H3,(H,20,25)/t11-,13+,15+,16+/m1/s1. The Morgan fingerprint density at radius 1 is 1.38 bits per heavy atom. The average molecular weight is 363 g/mol. The summed E-state index contributed by atoms with van der Waals surface area (Å²) in [5, 5.41) is 21.5. The first-order valence-corrected chi connectivity index (χ1v) is 8.61. The molecule has 26 heavy (non-hydrogen) atoms. The van der Waals surface area contributed by atoms with Crippen molar-refractivity contribution < 1.29 is 24.6 Å². The van der Waals surface area contributed by atoms with Crippen molar-refractivity contribution in [3.8, 4) is 5.75 Å². The van der Waals surface area contributed by atoms with E-state index in [1.807, 2.05) is 0 Å². The summed E-state index contributed by atoms with van der Waals surface area (Å²) in [7, 11) is 0. The Kier molecular flexibility index (Phi) is 6.70. The fourth-order valence-electron chi connectivity index (χ4n) is 3.00. The molecule has 2 amide bonds. The highest BCUT2D eigenvalue weighted by Gasteiger charge is 2.37. The van der Waals surface area contributed by atoms with Gasteiger partial charge in [0.25, 0.3) is 0 Å². The predicted molar refractivity (Wildman–Crippen MR) is 94.2 cm³/mol. The summed E-state index contributed by atoms with van der Waals surface area (Å²) in [6, 6.07) is 3.84. The second kappa shape index (κ2) is 8.77. The number of aldehydes is 1. The van der Waals surface area contributed by atoms with Crippen molar-refractivity contribution in [2.24, 2.45) is 5.73 Å². The summed E-state index contributed by atoms with van der Waals surface area (Å²) in [5.41, 5.74) is 6.48. The van der Waals surface area contributed by atoms with Gasteiger partial charge in [0.1, 0.15) is 24.1 Å². The van der Waals surface area contributed by atoms with Crippen molar-refractivity contribution in [2.45, 2.75) is 50.4 Å². The molecule has 0 saturated carbocycles. The van der Waals surface area contributed by atoms with Crippen LogP contribution in [0.25, 0.3) is 0 Å². The molecule has 1 aliphatic rings. The quantitative estimate of drug-likeness (QED) is 0.474. The fourth-order valence-corrected chi connectivity index (χ4v) is 3.00. The molecule has 0 radical (unpaired) electrons. The monoisotopic (exact) mass is 363 g/mol. The predicted octanol–water partition coefficient (Wildman–Crippen LogP) is -0.682. The minimum atomic E-state index is -1.08. The molecule has 1 aromatic carbocycles. The maximum Gasteiger partial charge on any atom is 0.243 e. The molecule has 0 spiro atoms. The summed E-state index contributed by atoms with van der Waals surface area (Å²) >= 11 is 0. The second-order valence-electron chi connectivity index (χ2n) is 6.58. The van der Waals surface area contributed by atoms with Gasteiger partial charge in [-0.3, -0.25) is 9.59 Å². The van der Waals surface area contributed by atoms with Crippen molar-refractivity contribution in [1.29, 1.82) is 0 Å². The first kappa shape index (κ1) is 19.9. The van der Waals surface area contributed by atoms with E-state index < -0.39 is 36.0 Å². The van der Waals surface area contributed by atoms with Gasteiger partial charge in [-0.2, -0.15) is 0 Å². The van der Waals surface area contributed by atoms with Crippen LogP contribution in [0.2, 0.25) is 0 Å². The number of aliphatic hydroxyl groups excluding tert-OH is 1. The van der Waals surface area contributed by atoms with E-state index in [1.165, 1.54) is 24.0 Å². The van der Waals surface area contributed by atoms with E-state index in [1.54, 1.807) is 12.1 Å². The number of aliphatic hydroxyl groups is 1. The molecule has 5 N–H and O–H groups in total. The Morgan fingerprint density at radius 2 is 2.04 bits per heavy atom. The van der Waals surface area contributed by atoms with Crippen LogP contribution in [0.4, 0.5) is 0 Å². The van der Waals surface area contributed by atoms with E-state index in [4.69, 9.17) is 5.73 Å². The van der Waals surface area contributed by atoms with Gasteiger partial charge in [-0.15, -0.1) is 0 Å². The van der Waals surface area contributed by atoms with E-state index in [0.717, 1.165) is 5.56 Å². The minimum Gasteiger partial charge on any atom is -0.508 e. The highest BCUT2D eigenvalue weighted by Crippen LogP contribution is 2.19. The number of hydrogen-bond acceptors (Lipinski definition) is 6. The van der Waals surface area contributed by atoms with Crippen molar-refractivity contribution in [3.63, 3.8) is 0 Å². The third kappa shape index (κ3) is 4.80. The lowest BCUT2D eigenvalue weighted by atomic mass is 10.1. The summed E-state index contributed by atoms with van der Waals surface area (Å²) in [5.74, 6) is -0.765. The molecule has 0 bridgehead atoms. The first-order valence-electron chi connectivity index (χ1n) is 8.61. The van der Waals surface area contributed by atoms with Crippen molar-refractivity contribution >= 4 is 18.1 Å². The largest absolute Gasteiger partial charge is 0.508 e. The maximum atomic E-state index is 12.6. The summed E-state index contributed by atoms with van der Waals surface area (Å²) in [6.45, 7) is 1.81. The van der Waals surface area contributed by atoms with Crippen LogP contribution in [-0.2, 0) is 20.8 Å². The van der Waals surface area contributed by atoms with Crippen LogP contribution < -0.4 is 11.1 Å². The van der Waals surface area contributed by atoms with Crippen molar-refractivity contribution in [1.82, 2.24) is 10.2 Å². The third-order valence-electron chi connectivity index (χ3n) is 4.53. The van der Waals surface area contributed by atoms with Gasteiger partial charge in [0.15, 0.2) is 0 Å². The third-order valence-corrected chi connectivity index (χ3v) is 4.53. The molecule has 4 atom stereocenters. The highest BCUT2D eigenvalue weighted by molar-refractivity contribution is 5.91. The molecule has 1 aromatic rings. The molecule has 0 aliphatic carbocycles. The molecule has 2 rings (SSSR count). The van der Waals surface area contributed by atoms with Gasteiger partial charge in [0.2, 0.25) is 11.8 Å². The zero-order chi connectivity index (χ0) is 19.3. The van der Waals surface area contributed by atoms with Crippen LogP contribution in [0.1, 0.15) is 25.3 Å². The Balaban J connectivity index is 2.00. The first-order chi connectivity index (χ1) is 12.3. The summed E-state index contributed by atoms with van der Waals surface area (Å²) < 4.78 is 0. The minimum absolute atomic E-state index is 0.120. The molecule has 1 aliphatic heterocycles. The van der Waals surface area contributed by atoms with E-state index >= 15 is 0 Å². The van der Waals surface area contributed by atoms with Gasteiger partial charge in [-0.25, -0.2) is 0 Å². The van der Waals surface area contributed by atoms with Crippen LogP contribution in [0.5, 0.6) is 5.75 Å². The summed E-state index contributed by atoms with van der Waals surface area (Å²) in [6.07, 6.45) is 1.05. The fraction of sp³-hybridized carbons (Fsp3) is 0.500. The SMILES string of the molecule is C[C@@H](O)[C@H](N)C(=O)N1CCC[C@H]1C(=O)N[C@H](C=O)Cc1ccc(O)cc1. The zero-order valence-corrected chi connectivity index (χ0v) is 14.7. The van der Waals surface area contributed by atoms with E-state index in [9.17, 15) is 24.6 Å². The number of nitrogens with one attached hydrogen (secondary N) is 1. The number of benzene rings is 1. The lowest BCUT2D eigenvalue weighted by molar-refractivity contribution is -0.141. The Labute approximate surface area is 152 Å². The Bertz CT molecular complexity index is 647. The number of nitrogens with zero attached hydrogens (tertiary/aromatic N) is 1. The molecule has 1 fully saturated rings. The number of nitrogens with two attached hydrogens (primary N) is 1. The number of carbonyl (C=O) groups is 3. The molecule has 1 heterocycles. The number of phenolic OH excluding ortho intramolecular Hbond substituents is 1. The number of amides is 2.